The average Bonchev–Trinajstić information content (AvgIpc) is 3.41. The molecule has 0 aliphatic heterocycles. The van der Waals surface area contributed by atoms with Crippen molar-refractivity contribution >= 4 is 14.1 Å². The number of carbonyl (C=O) groups excluding carboxylic acids is 1. The quantitative estimate of drug-likeness (QED) is 0.137. The lowest BCUT2D eigenvalue weighted by Gasteiger charge is -2.55. The molecule has 0 heterocycles. The van der Waals surface area contributed by atoms with E-state index in [0.717, 1.165) is 34.3 Å². The molecule has 0 saturated heterocycles. The number of carbonyl (C=O) groups is 1. The van der Waals surface area contributed by atoms with Crippen LogP contribution in [0, 0.1) is 34.0 Å². The number of Topliss-reactive ketones (excluding diaryl/α,β-unsaturated/α-hetero) is 1. The molecular weight excluding hydrogens is 645 g/mol. The van der Waals surface area contributed by atoms with E-state index in [9.17, 15) is 9.90 Å². The van der Waals surface area contributed by atoms with Crippen LogP contribution in [0.3, 0.4) is 0 Å². The highest BCUT2D eigenvalue weighted by Gasteiger charge is 2.87. The molecule has 5 heteroatoms. The van der Waals surface area contributed by atoms with E-state index in [1.54, 1.807) is 0 Å². The smallest absolute Gasteiger partial charge is 0.189 e. The number of benzene rings is 3. The molecule has 2 saturated carbocycles. The van der Waals surface area contributed by atoms with Crippen LogP contribution >= 0.6 is 0 Å². The molecule has 0 radical (unpaired) electrons. The van der Waals surface area contributed by atoms with Gasteiger partial charge in [-0.1, -0.05) is 143 Å². The van der Waals surface area contributed by atoms with Crippen molar-refractivity contribution in [3.05, 3.63) is 143 Å². The lowest BCUT2D eigenvalue weighted by molar-refractivity contribution is -0.174. The summed E-state index contributed by atoms with van der Waals surface area (Å²) in [6, 6.07) is 31.3. The number of hydrogen-bond acceptors (Lipinski definition) is 4. The molecule has 2 unspecified atom stereocenters. The lowest BCUT2D eigenvalue weighted by Crippen LogP contribution is -2.64. The molecule has 7 atom stereocenters. The van der Waals surface area contributed by atoms with Crippen molar-refractivity contribution in [2.24, 2.45) is 34.0 Å². The predicted octanol–water partition coefficient (Wildman–Crippen LogP) is 10.1. The third-order valence-corrected chi connectivity index (χ3v) is 14.8. The van der Waals surface area contributed by atoms with Gasteiger partial charge in [-0.25, -0.2) is 0 Å². The van der Waals surface area contributed by atoms with Crippen LogP contribution in [-0.2, 0) is 19.6 Å². The van der Waals surface area contributed by atoms with Crippen molar-refractivity contribution in [1.29, 1.82) is 0 Å². The molecule has 0 aromatic heterocycles. The van der Waals surface area contributed by atoms with E-state index in [-0.39, 0.29) is 40.5 Å². The molecular formula is C46H56O4Si. The van der Waals surface area contributed by atoms with Crippen LogP contribution in [-0.4, -0.2) is 37.0 Å². The van der Waals surface area contributed by atoms with Gasteiger partial charge in [0.2, 0.25) is 0 Å². The summed E-state index contributed by atoms with van der Waals surface area (Å²) in [4.78, 5) is 14.8. The zero-order valence-electron chi connectivity index (χ0n) is 32.0. The minimum Gasteiger partial charge on any atom is -0.404 e. The van der Waals surface area contributed by atoms with Gasteiger partial charge in [-0.05, 0) is 84.5 Å². The number of rotatable bonds is 9. The fourth-order valence-corrected chi connectivity index (χ4v) is 13.2. The van der Waals surface area contributed by atoms with Crippen molar-refractivity contribution in [1.82, 2.24) is 0 Å². The minimum atomic E-state index is -2.33. The summed E-state index contributed by atoms with van der Waals surface area (Å²) in [5.41, 5.74) is 1.87. The predicted molar refractivity (Wildman–Crippen MR) is 209 cm³/mol. The van der Waals surface area contributed by atoms with Crippen molar-refractivity contribution in [2.75, 3.05) is 6.61 Å². The Bertz CT molecular complexity index is 1810. The van der Waals surface area contributed by atoms with Crippen LogP contribution in [0.15, 0.2) is 126 Å². The maximum absolute atomic E-state index is 14.8. The zero-order valence-corrected chi connectivity index (χ0v) is 33.0. The number of allylic oxidation sites excluding steroid dienone is 1. The largest absolute Gasteiger partial charge is 0.404 e. The molecule has 1 N–H and O–H groups in total. The second-order valence-electron chi connectivity index (χ2n) is 17.8. The fraction of sp³-hybridized carbons (Fsp3) is 0.457. The Morgan fingerprint density at radius 1 is 0.863 bits per heavy atom. The molecule has 4 nitrogen and oxygen atoms in total. The Labute approximate surface area is 306 Å². The minimum absolute atomic E-state index is 0.00434. The summed E-state index contributed by atoms with van der Waals surface area (Å²) in [7, 11) is -2.33. The first-order valence-electron chi connectivity index (χ1n) is 18.8. The second kappa shape index (κ2) is 11.8. The highest BCUT2D eigenvalue weighted by molar-refractivity contribution is 6.70. The zero-order chi connectivity index (χ0) is 36.8. The molecule has 0 bridgehead atoms. The number of fused-ring (bicyclic) bond motifs is 5. The van der Waals surface area contributed by atoms with Gasteiger partial charge in [0.05, 0.1) is 12.2 Å². The van der Waals surface area contributed by atoms with Crippen molar-refractivity contribution in [3.63, 3.8) is 0 Å². The van der Waals surface area contributed by atoms with E-state index < -0.39 is 31.0 Å². The standard InChI is InChI=1S/C46H56O4Si/c1-31(2)46-39-27-34(30-49-45(35-20-14-11-15-21-35,36-22-16-12-17-23-36)37-24-18-13-19-25-37)29-43(50-51(8,9)10)38(26-32(3)40(43)47)44(39,48)33(4)28-42(46,7)41(46,5)6/h11-27,33,38-39,48H,1,28-30H2,2-10H3/t33-,38-,39-,42?,43-,44+,46?/m1/s1. The summed E-state index contributed by atoms with van der Waals surface area (Å²) in [5, 5.41) is 13.7. The molecule has 268 valence electrons. The molecule has 0 amide bonds. The molecule has 51 heavy (non-hydrogen) atoms. The normalized spacial score (nSPS) is 34.0. The van der Waals surface area contributed by atoms with Crippen LogP contribution in [0.4, 0.5) is 0 Å². The van der Waals surface area contributed by atoms with Crippen LogP contribution in [0.25, 0.3) is 0 Å². The maximum atomic E-state index is 14.8. The summed E-state index contributed by atoms with van der Waals surface area (Å²) in [6.07, 6.45) is 5.60. The maximum Gasteiger partial charge on any atom is 0.189 e. The number of ether oxygens (including phenoxy) is 1. The average molecular weight is 701 g/mol. The van der Waals surface area contributed by atoms with Gasteiger partial charge in [-0.3, -0.25) is 4.79 Å². The van der Waals surface area contributed by atoms with E-state index in [1.165, 1.54) is 0 Å². The molecule has 2 fully saturated rings. The Balaban J connectivity index is 1.47. The first-order valence-corrected chi connectivity index (χ1v) is 22.2. The SMILES string of the molecule is C=C(C)C12[C@@H]3C=C(COC(c4ccccc4)(c4ccccc4)c4ccccc4)C[C@]4(O[Si](C)(C)C)C(=O)C(C)=C[C@H]4[C@@]3(O)[C@H](C)CC1(C)C2(C)C. The molecule has 3 aromatic rings. The fourth-order valence-electron chi connectivity index (χ4n) is 11.9. The van der Waals surface area contributed by atoms with E-state index >= 15 is 0 Å². The molecule has 4 aliphatic carbocycles. The van der Waals surface area contributed by atoms with Gasteiger partial charge in [0.15, 0.2) is 14.1 Å². The van der Waals surface area contributed by atoms with E-state index in [1.807, 2.05) is 25.1 Å². The number of aliphatic hydroxyl groups is 1. The van der Waals surface area contributed by atoms with Crippen LogP contribution < -0.4 is 0 Å². The highest BCUT2D eigenvalue weighted by Crippen LogP contribution is 2.89. The van der Waals surface area contributed by atoms with Crippen molar-refractivity contribution < 1.29 is 19.1 Å². The second-order valence-corrected chi connectivity index (χ2v) is 22.3. The van der Waals surface area contributed by atoms with Crippen molar-refractivity contribution in [2.45, 2.75) is 90.8 Å². The van der Waals surface area contributed by atoms with E-state index in [0.29, 0.717) is 12.0 Å². The van der Waals surface area contributed by atoms with Gasteiger partial charge in [0.25, 0.3) is 0 Å². The van der Waals surface area contributed by atoms with Gasteiger partial charge >= 0.3 is 0 Å². The van der Waals surface area contributed by atoms with Crippen LogP contribution in [0.5, 0.6) is 0 Å². The van der Waals surface area contributed by atoms with Crippen LogP contribution in [0.2, 0.25) is 19.6 Å². The summed E-state index contributed by atoms with van der Waals surface area (Å²) in [6.45, 7) is 24.7. The topological polar surface area (TPSA) is 55.8 Å². The van der Waals surface area contributed by atoms with E-state index in [4.69, 9.17) is 9.16 Å². The summed E-state index contributed by atoms with van der Waals surface area (Å²) in [5.74, 6) is -0.885. The Hall–Kier alpha value is -3.35. The van der Waals surface area contributed by atoms with Crippen LogP contribution in [0.1, 0.15) is 71.1 Å². The van der Waals surface area contributed by atoms with Gasteiger partial charge in [0.1, 0.15) is 11.2 Å². The summed E-state index contributed by atoms with van der Waals surface area (Å²) >= 11 is 0. The van der Waals surface area contributed by atoms with Gasteiger partial charge in [-0.2, -0.15) is 0 Å². The first kappa shape index (κ1) is 36.0. The highest BCUT2D eigenvalue weighted by atomic mass is 28.4. The monoisotopic (exact) mass is 700 g/mol. The Morgan fingerprint density at radius 2 is 1.35 bits per heavy atom. The third kappa shape index (κ3) is 4.77. The molecule has 0 spiro atoms. The Morgan fingerprint density at radius 3 is 1.80 bits per heavy atom. The number of ketones is 1. The van der Waals surface area contributed by atoms with E-state index in [2.05, 4.69) is 146 Å². The molecule has 4 aliphatic rings. The van der Waals surface area contributed by atoms with Gasteiger partial charge in [0, 0.05) is 23.7 Å². The van der Waals surface area contributed by atoms with Crippen molar-refractivity contribution in [3.8, 4) is 0 Å². The third-order valence-electron chi connectivity index (χ3n) is 13.9. The first-order chi connectivity index (χ1) is 23.9. The molecule has 3 aromatic carbocycles. The summed E-state index contributed by atoms with van der Waals surface area (Å²) < 4.78 is 14.7. The molecule has 7 rings (SSSR count). The Kier molecular flexibility index (Phi) is 8.36. The van der Waals surface area contributed by atoms with Gasteiger partial charge < -0.3 is 14.3 Å². The van der Waals surface area contributed by atoms with Gasteiger partial charge in [-0.15, -0.1) is 0 Å². The number of hydrogen-bond donors (Lipinski definition) is 1. The lowest BCUT2D eigenvalue weighted by atomic mass is 9.53.